The van der Waals surface area contributed by atoms with Crippen molar-refractivity contribution in [2.24, 2.45) is 0 Å². The van der Waals surface area contributed by atoms with E-state index in [-0.39, 0.29) is 12.5 Å². The third-order valence-electron chi connectivity index (χ3n) is 5.68. The van der Waals surface area contributed by atoms with Crippen LogP contribution in [0.4, 0.5) is 5.95 Å². The topological polar surface area (TPSA) is 86.3 Å². The molecule has 184 valence electrons. The molecule has 0 spiro atoms. The van der Waals surface area contributed by atoms with E-state index in [1.165, 1.54) is 0 Å². The molecule has 0 saturated carbocycles. The highest BCUT2D eigenvalue weighted by atomic mass is 35.5. The molecule has 10 heteroatoms. The third-order valence-corrected chi connectivity index (χ3v) is 5.91. The summed E-state index contributed by atoms with van der Waals surface area (Å²) in [5.74, 6) is 2.72. The van der Waals surface area contributed by atoms with Gasteiger partial charge in [-0.1, -0.05) is 17.7 Å². The van der Waals surface area contributed by atoms with Crippen molar-refractivity contribution in [1.82, 2.24) is 14.9 Å². The first-order valence-corrected chi connectivity index (χ1v) is 11.4. The van der Waals surface area contributed by atoms with E-state index in [0.29, 0.717) is 60.1 Å². The molecule has 0 aliphatic carbocycles. The Morgan fingerprint density at radius 1 is 0.971 bits per heavy atom. The van der Waals surface area contributed by atoms with E-state index >= 15 is 0 Å². The summed E-state index contributed by atoms with van der Waals surface area (Å²) in [6, 6.07) is 12.5. The highest BCUT2D eigenvalue weighted by Gasteiger charge is 2.23. The van der Waals surface area contributed by atoms with Gasteiger partial charge in [-0.05, 0) is 36.4 Å². The first kappa shape index (κ1) is 24.4. The number of hydrogen-bond acceptors (Lipinski definition) is 8. The molecule has 0 bridgehead atoms. The number of piperazine rings is 1. The number of aromatic nitrogens is 2. The zero-order chi connectivity index (χ0) is 24.8. The van der Waals surface area contributed by atoms with E-state index in [0.717, 1.165) is 11.3 Å². The van der Waals surface area contributed by atoms with E-state index < -0.39 is 0 Å². The summed E-state index contributed by atoms with van der Waals surface area (Å²) in [6.07, 6.45) is 1.72. The van der Waals surface area contributed by atoms with Crippen LogP contribution >= 0.6 is 11.6 Å². The fourth-order valence-corrected chi connectivity index (χ4v) is 4.02. The fraction of sp³-hybridized carbons (Fsp3) is 0.320. The molecule has 1 fully saturated rings. The Labute approximate surface area is 209 Å². The fourth-order valence-electron chi connectivity index (χ4n) is 3.84. The molecular formula is C25H27ClN4O5. The maximum Gasteiger partial charge on any atom is 0.260 e. The van der Waals surface area contributed by atoms with Gasteiger partial charge < -0.3 is 28.7 Å². The Kier molecular flexibility index (Phi) is 7.77. The largest absolute Gasteiger partial charge is 0.493 e. The monoisotopic (exact) mass is 498 g/mol. The molecule has 2 heterocycles. The summed E-state index contributed by atoms with van der Waals surface area (Å²) >= 11 is 5.97. The zero-order valence-electron chi connectivity index (χ0n) is 19.9. The molecule has 1 amide bonds. The molecule has 4 rings (SSSR count). The van der Waals surface area contributed by atoms with Crippen LogP contribution in [0.1, 0.15) is 0 Å². The Hall–Kier alpha value is -3.72. The minimum Gasteiger partial charge on any atom is -0.493 e. The molecule has 0 N–H and O–H groups in total. The molecule has 1 aliphatic heterocycles. The van der Waals surface area contributed by atoms with Gasteiger partial charge in [-0.3, -0.25) is 4.79 Å². The van der Waals surface area contributed by atoms with Gasteiger partial charge in [0, 0.05) is 43.0 Å². The van der Waals surface area contributed by atoms with E-state index in [2.05, 4.69) is 9.88 Å². The lowest BCUT2D eigenvalue weighted by atomic mass is 10.1. The molecule has 0 radical (unpaired) electrons. The number of carbonyl (C=O) groups is 1. The van der Waals surface area contributed by atoms with Crippen molar-refractivity contribution in [3.8, 4) is 34.3 Å². The maximum atomic E-state index is 12.6. The first-order valence-electron chi connectivity index (χ1n) is 11.1. The van der Waals surface area contributed by atoms with Crippen molar-refractivity contribution in [2.45, 2.75) is 0 Å². The van der Waals surface area contributed by atoms with Crippen LogP contribution in [0.2, 0.25) is 5.02 Å². The van der Waals surface area contributed by atoms with Gasteiger partial charge in [0.05, 0.1) is 27.0 Å². The summed E-state index contributed by atoms with van der Waals surface area (Å²) in [5.41, 5.74) is 1.54. The second-order valence-corrected chi connectivity index (χ2v) is 8.21. The lowest BCUT2D eigenvalue weighted by Crippen LogP contribution is -2.50. The van der Waals surface area contributed by atoms with Crippen LogP contribution in [0.25, 0.3) is 11.3 Å². The van der Waals surface area contributed by atoms with E-state index in [4.69, 9.17) is 35.5 Å². The molecule has 35 heavy (non-hydrogen) atoms. The number of rotatable bonds is 8. The van der Waals surface area contributed by atoms with Gasteiger partial charge in [0.25, 0.3) is 5.91 Å². The predicted molar refractivity (Wildman–Crippen MR) is 133 cm³/mol. The third kappa shape index (κ3) is 5.68. The SMILES string of the molecule is COc1cc(-c2ccnc(N3CCN(C(=O)COc4cccc(Cl)c4)CC3)n2)cc(OC)c1OC. The smallest absolute Gasteiger partial charge is 0.260 e. The van der Waals surface area contributed by atoms with Crippen molar-refractivity contribution in [1.29, 1.82) is 0 Å². The van der Waals surface area contributed by atoms with Gasteiger partial charge in [-0.25, -0.2) is 9.97 Å². The molecule has 0 unspecified atom stereocenters. The van der Waals surface area contributed by atoms with Crippen molar-refractivity contribution >= 4 is 23.5 Å². The summed E-state index contributed by atoms with van der Waals surface area (Å²) in [6.45, 7) is 2.29. The lowest BCUT2D eigenvalue weighted by Gasteiger charge is -2.34. The Balaban J connectivity index is 1.41. The quantitative estimate of drug-likeness (QED) is 0.466. The number of ether oxygens (including phenoxy) is 4. The van der Waals surface area contributed by atoms with E-state index in [1.807, 2.05) is 18.2 Å². The Bertz CT molecular complexity index is 1160. The minimum absolute atomic E-state index is 0.0343. The molecular weight excluding hydrogens is 472 g/mol. The number of hydrogen-bond donors (Lipinski definition) is 0. The first-order chi connectivity index (χ1) is 17.0. The Morgan fingerprint density at radius 3 is 2.31 bits per heavy atom. The maximum absolute atomic E-state index is 12.6. The Morgan fingerprint density at radius 2 is 1.69 bits per heavy atom. The van der Waals surface area contributed by atoms with Crippen LogP contribution in [0, 0.1) is 0 Å². The highest BCUT2D eigenvalue weighted by molar-refractivity contribution is 6.30. The van der Waals surface area contributed by atoms with Crippen LogP contribution < -0.4 is 23.8 Å². The average molecular weight is 499 g/mol. The van der Waals surface area contributed by atoms with E-state index in [9.17, 15) is 4.79 Å². The predicted octanol–water partition coefficient (Wildman–Crippen LogP) is 3.55. The van der Waals surface area contributed by atoms with Gasteiger partial charge in [0.15, 0.2) is 18.1 Å². The van der Waals surface area contributed by atoms with Crippen LogP contribution in [0.5, 0.6) is 23.0 Å². The summed E-state index contributed by atoms with van der Waals surface area (Å²) in [7, 11) is 4.72. The minimum atomic E-state index is -0.0725. The molecule has 2 aromatic carbocycles. The van der Waals surface area contributed by atoms with Gasteiger partial charge in [-0.15, -0.1) is 0 Å². The van der Waals surface area contributed by atoms with Crippen molar-refractivity contribution < 1.29 is 23.7 Å². The zero-order valence-corrected chi connectivity index (χ0v) is 20.6. The summed E-state index contributed by atoms with van der Waals surface area (Å²) in [4.78, 5) is 25.6. The van der Waals surface area contributed by atoms with Gasteiger partial charge in [-0.2, -0.15) is 0 Å². The van der Waals surface area contributed by atoms with Crippen LogP contribution in [-0.2, 0) is 4.79 Å². The lowest BCUT2D eigenvalue weighted by molar-refractivity contribution is -0.133. The normalized spacial score (nSPS) is 13.4. The van der Waals surface area contributed by atoms with Crippen molar-refractivity contribution in [3.05, 3.63) is 53.7 Å². The number of anilines is 1. The molecule has 9 nitrogen and oxygen atoms in total. The van der Waals surface area contributed by atoms with Gasteiger partial charge in [0.2, 0.25) is 11.7 Å². The van der Waals surface area contributed by atoms with Gasteiger partial charge >= 0.3 is 0 Å². The number of halogens is 1. The average Bonchev–Trinajstić information content (AvgIpc) is 2.91. The van der Waals surface area contributed by atoms with Crippen molar-refractivity contribution in [2.75, 3.05) is 59.0 Å². The highest BCUT2D eigenvalue weighted by Crippen LogP contribution is 2.40. The standard InChI is InChI=1S/C25H27ClN4O5/c1-32-21-13-17(14-22(33-2)24(21)34-3)20-7-8-27-25(28-20)30-11-9-29(10-12-30)23(31)16-35-19-6-4-5-18(26)15-19/h4-8,13-15H,9-12,16H2,1-3H3. The van der Waals surface area contributed by atoms with Crippen molar-refractivity contribution in [3.63, 3.8) is 0 Å². The van der Waals surface area contributed by atoms with Crippen LogP contribution in [-0.4, -0.2) is 74.9 Å². The molecule has 1 saturated heterocycles. The second-order valence-electron chi connectivity index (χ2n) is 7.77. The number of methoxy groups -OCH3 is 3. The molecule has 1 aromatic heterocycles. The van der Waals surface area contributed by atoms with Gasteiger partial charge in [0.1, 0.15) is 5.75 Å². The molecule has 1 aliphatic rings. The molecule has 0 atom stereocenters. The number of amides is 1. The van der Waals surface area contributed by atoms with Crippen LogP contribution in [0.3, 0.4) is 0 Å². The number of nitrogens with zero attached hydrogens (tertiary/aromatic N) is 4. The van der Waals surface area contributed by atoms with E-state index in [1.54, 1.807) is 56.7 Å². The number of carbonyl (C=O) groups excluding carboxylic acids is 1. The molecule has 3 aromatic rings. The van der Waals surface area contributed by atoms with Crippen LogP contribution in [0.15, 0.2) is 48.7 Å². The summed E-state index contributed by atoms with van der Waals surface area (Å²) < 4.78 is 21.9. The second kappa shape index (κ2) is 11.1. The summed E-state index contributed by atoms with van der Waals surface area (Å²) in [5, 5.41) is 0.567. The number of benzene rings is 2.